The van der Waals surface area contributed by atoms with Gasteiger partial charge in [-0.3, -0.25) is 4.79 Å². The zero-order chi connectivity index (χ0) is 18.2. The van der Waals surface area contributed by atoms with Crippen molar-refractivity contribution in [3.63, 3.8) is 0 Å². The summed E-state index contributed by atoms with van der Waals surface area (Å²) in [5.74, 6) is 0.315. The molecule has 0 aliphatic heterocycles. The number of aliphatic hydroxyl groups excluding tert-OH is 1. The lowest BCUT2D eigenvalue weighted by Crippen LogP contribution is -2.46. The molecule has 1 aromatic carbocycles. The molecule has 0 radical (unpaired) electrons. The number of H-pyrrole nitrogens is 1. The Morgan fingerprint density at radius 3 is 2.72 bits per heavy atom. The Balaban J connectivity index is 2.01. The number of hydrogen-bond acceptors (Lipinski definition) is 5. The van der Waals surface area contributed by atoms with Crippen molar-refractivity contribution >= 4 is 28.3 Å². The van der Waals surface area contributed by atoms with E-state index in [1.165, 1.54) is 17.4 Å². The van der Waals surface area contributed by atoms with E-state index in [1.54, 1.807) is 6.07 Å². The van der Waals surface area contributed by atoms with Gasteiger partial charge in [-0.05, 0) is 29.0 Å². The number of imidazole rings is 1. The lowest BCUT2D eigenvalue weighted by molar-refractivity contribution is 0.0849. The van der Waals surface area contributed by atoms with Crippen LogP contribution < -0.4 is 5.32 Å². The molecule has 0 aliphatic rings. The highest BCUT2D eigenvalue weighted by molar-refractivity contribution is 7.13. The average molecular weight is 359 g/mol. The van der Waals surface area contributed by atoms with Crippen molar-refractivity contribution in [3.05, 3.63) is 35.2 Å². The number of aromatic nitrogens is 2. The summed E-state index contributed by atoms with van der Waals surface area (Å²) in [6, 6.07) is 6.46. The maximum absolute atomic E-state index is 12.7. The highest BCUT2D eigenvalue weighted by Gasteiger charge is 2.27. The van der Waals surface area contributed by atoms with Gasteiger partial charge in [-0.25, -0.2) is 4.98 Å². The Kier molecular flexibility index (Phi) is 4.53. The number of amides is 1. The zero-order valence-corrected chi connectivity index (χ0v) is 15.1. The Morgan fingerprint density at radius 2 is 2.12 bits per heavy atom. The molecule has 0 saturated carbocycles. The van der Waals surface area contributed by atoms with Gasteiger partial charge in [0.05, 0.1) is 23.1 Å². The van der Waals surface area contributed by atoms with E-state index in [-0.39, 0.29) is 29.7 Å². The highest BCUT2D eigenvalue weighted by Crippen LogP contribution is 2.31. The average Bonchev–Trinajstić information content (AvgIpc) is 3.20. The van der Waals surface area contributed by atoms with E-state index in [9.17, 15) is 15.0 Å². The predicted octanol–water partition coefficient (Wildman–Crippen LogP) is 3.13. The fourth-order valence-corrected chi connectivity index (χ4v) is 3.23. The number of benzene rings is 1. The third-order valence-corrected chi connectivity index (χ3v) is 5.03. The van der Waals surface area contributed by atoms with Crippen LogP contribution in [-0.4, -0.2) is 38.7 Å². The number of carbonyl (C=O) groups excluding carboxylic acids is 1. The van der Waals surface area contributed by atoms with E-state index in [2.05, 4.69) is 15.3 Å². The van der Waals surface area contributed by atoms with Gasteiger partial charge in [0.2, 0.25) is 0 Å². The van der Waals surface area contributed by atoms with Crippen LogP contribution in [0.2, 0.25) is 0 Å². The first-order valence-corrected chi connectivity index (χ1v) is 8.86. The first kappa shape index (κ1) is 17.4. The van der Waals surface area contributed by atoms with Crippen molar-refractivity contribution in [2.75, 3.05) is 6.61 Å². The van der Waals surface area contributed by atoms with Gasteiger partial charge in [0.15, 0.2) is 0 Å². The van der Waals surface area contributed by atoms with E-state index in [4.69, 9.17) is 0 Å². The number of carbonyl (C=O) groups is 1. The molecule has 3 rings (SSSR count). The first-order chi connectivity index (χ1) is 11.8. The molecule has 0 fully saturated rings. The summed E-state index contributed by atoms with van der Waals surface area (Å²) in [6.45, 7) is 5.69. The van der Waals surface area contributed by atoms with E-state index < -0.39 is 0 Å². The Hall–Kier alpha value is -2.38. The summed E-state index contributed by atoms with van der Waals surface area (Å²) in [5, 5.41) is 24.5. The van der Waals surface area contributed by atoms with Crippen LogP contribution in [-0.2, 0) is 0 Å². The van der Waals surface area contributed by atoms with E-state index in [1.807, 2.05) is 38.3 Å². The number of thiophene rings is 1. The van der Waals surface area contributed by atoms with E-state index >= 15 is 0 Å². The van der Waals surface area contributed by atoms with Crippen LogP contribution in [0.4, 0.5) is 0 Å². The second-order valence-electron chi connectivity index (χ2n) is 6.99. The van der Waals surface area contributed by atoms with Gasteiger partial charge in [0.1, 0.15) is 22.6 Å². The number of phenols is 1. The van der Waals surface area contributed by atoms with Gasteiger partial charge in [-0.1, -0.05) is 26.8 Å². The number of aromatic amines is 1. The van der Waals surface area contributed by atoms with Gasteiger partial charge in [0, 0.05) is 0 Å². The molecule has 2 aromatic heterocycles. The predicted molar refractivity (Wildman–Crippen MR) is 98.9 cm³/mol. The van der Waals surface area contributed by atoms with Crippen molar-refractivity contribution in [1.29, 1.82) is 0 Å². The van der Waals surface area contributed by atoms with Crippen LogP contribution in [0.1, 0.15) is 31.1 Å². The van der Waals surface area contributed by atoms with Gasteiger partial charge < -0.3 is 20.5 Å². The highest BCUT2D eigenvalue weighted by atomic mass is 32.1. The topological polar surface area (TPSA) is 98.2 Å². The smallest absolute Gasteiger partial charge is 0.253 e. The molecule has 1 amide bonds. The van der Waals surface area contributed by atoms with Crippen molar-refractivity contribution in [2.24, 2.45) is 5.41 Å². The fraction of sp³-hybridized carbons (Fsp3) is 0.333. The minimum Gasteiger partial charge on any atom is -0.506 e. The van der Waals surface area contributed by atoms with Crippen LogP contribution in [0.3, 0.4) is 0 Å². The fourth-order valence-electron chi connectivity index (χ4n) is 2.56. The van der Waals surface area contributed by atoms with Crippen LogP contribution in [0.25, 0.3) is 21.7 Å². The number of phenolic OH excluding ortho intramolecular Hbond substituents is 1. The molecule has 6 nitrogen and oxygen atoms in total. The summed E-state index contributed by atoms with van der Waals surface area (Å²) < 4.78 is 0. The molecule has 4 N–H and O–H groups in total. The number of aromatic hydroxyl groups is 1. The molecule has 0 unspecified atom stereocenters. The number of nitrogens with zero attached hydrogens (tertiary/aromatic N) is 1. The molecular formula is C18H21N3O3S. The lowest BCUT2D eigenvalue weighted by atomic mass is 9.87. The second-order valence-corrected chi connectivity index (χ2v) is 7.94. The molecule has 0 saturated heterocycles. The monoisotopic (exact) mass is 359 g/mol. The quantitative estimate of drug-likeness (QED) is 0.575. The van der Waals surface area contributed by atoms with E-state index in [0.29, 0.717) is 22.4 Å². The number of nitrogens with one attached hydrogen (secondary N) is 2. The van der Waals surface area contributed by atoms with Crippen LogP contribution in [0, 0.1) is 5.41 Å². The standard InChI is InChI=1S/C18H21N3O3S/c1-18(2,3)13(9-22)19-17(24)10-6-7-11(23)15-14(10)20-16(21-15)12-5-4-8-25-12/h4-8,13,22-23H,9H2,1-3H3,(H,19,24)(H,20,21)/t13-/m1/s1. The Labute approximate surface area is 149 Å². The normalized spacial score (nSPS) is 13.1. The minimum absolute atomic E-state index is 0.0383. The molecule has 3 aromatic rings. The molecule has 0 bridgehead atoms. The molecule has 7 heteroatoms. The molecule has 25 heavy (non-hydrogen) atoms. The van der Waals surface area contributed by atoms with Crippen LogP contribution >= 0.6 is 11.3 Å². The summed E-state index contributed by atoms with van der Waals surface area (Å²) >= 11 is 1.52. The molecule has 1 atom stereocenters. The maximum atomic E-state index is 12.7. The van der Waals surface area contributed by atoms with Crippen molar-refractivity contribution in [1.82, 2.24) is 15.3 Å². The molecule has 2 heterocycles. The Morgan fingerprint density at radius 1 is 1.36 bits per heavy atom. The Bertz CT molecular complexity index is 894. The van der Waals surface area contributed by atoms with Gasteiger partial charge in [-0.15, -0.1) is 11.3 Å². The number of hydrogen-bond donors (Lipinski definition) is 4. The largest absolute Gasteiger partial charge is 0.506 e. The van der Waals surface area contributed by atoms with Crippen molar-refractivity contribution in [2.45, 2.75) is 26.8 Å². The zero-order valence-electron chi connectivity index (χ0n) is 14.3. The first-order valence-electron chi connectivity index (χ1n) is 7.98. The molecular weight excluding hydrogens is 338 g/mol. The van der Waals surface area contributed by atoms with Gasteiger partial charge in [-0.2, -0.15) is 0 Å². The third-order valence-electron chi connectivity index (χ3n) is 4.16. The van der Waals surface area contributed by atoms with Crippen LogP contribution in [0.5, 0.6) is 5.75 Å². The van der Waals surface area contributed by atoms with Crippen molar-refractivity contribution < 1.29 is 15.0 Å². The second kappa shape index (κ2) is 6.50. The molecule has 0 spiro atoms. The van der Waals surface area contributed by atoms with Gasteiger partial charge in [0.25, 0.3) is 5.91 Å². The molecule has 132 valence electrons. The SMILES string of the molecule is CC(C)(C)[C@@H](CO)NC(=O)c1ccc(O)c2[nH]c(-c3cccs3)nc12. The van der Waals surface area contributed by atoms with E-state index in [0.717, 1.165) is 4.88 Å². The summed E-state index contributed by atoms with van der Waals surface area (Å²) in [5.41, 5.74) is 0.905. The maximum Gasteiger partial charge on any atom is 0.253 e. The summed E-state index contributed by atoms with van der Waals surface area (Å²) in [6.07, 6.45) is 0. The van der Waals surface area contributed by atoms with Gasteiger partial charge >= 0.3 is 0 Å². The third kappa shape index (κ3) is 3.38. The number of fused-ring (bicyclic) bond motifs is 1. The number of rotatable bonds is 4. The lowest BCUT2D eigenvalue weighted by Gasteiger charge is -2.29. The summed E-state index contributed by atoms with van der Waals surface area (Å²) in [7, 11) is 0. The van der Waals surface area contributed by atoms with Crippen molar-refractivity contribution in [3.8, 4) is 16.5 Å². The summed E-state index contributed by atoms with van der Waals surface area (Å²) in [4.78, 5) is 21.2. The van der Waals surface area contributed by atoms with Crippen LogP contribution in [0.15, 0.2) is 29.6 Å². The number of aliphatic hydroxyl groups is 1. The minimum atomic E-state index is -0.389. The molecule has 0 aliphatic carbocycles.